The molecule has 3 aromatic rings. The minimum atomic E-state index is -0.631. The molecule has 0 amide bonds. The van der Waals surface area contributed by atoms with E-state index in [1.165, 1.54) is 14.2 Å². The molecule has 0 bridgehead atoms. The number of aromatic amines is 1. The Labute approximate surface area is 126 Å². The zero-order valence-electron chi connectivity index (χ0n) is 12.1. The molecule has 2 heterocycles. The molecule has 112 valence electrons. The van der Waals surface area contributed by atoms with E-state index >= 15 is 0 Å². The minimum Gasteiger partial charge on any atom is -0.491 e. The Morgan fingerprint density at radius 3 is 2.77 bits per heavy atom. The Hall–Kier alpha value is -3.09. The number of aromatic nitrogens is 3. The number of nitrogens with one attached hydrogen (secondary N) is 1. The van der Waals surface area contributed by atoms with Crippen LogP contribution in [0, 0.1) is 0 Å². The topological polar surface area (TPSA) is 103 Å². The molecule has 2 aromatic heterocycles. The second-order valence-electron chi connectivity index (χ2n) is 4.59. The summed E-state index contributed by atoms with van der Waals surface area (Å²) in [7, 11) is 2.66. The summed E-state index contributed by atoms with van der Waals surface area (Å²) in [6, 6.07) is 7.64. The molecule has 0 atom stereocenters. The Bertz CT molecular complexity index is 857. The van der Waals surface area contributed by atoms with E-state index in [0.717, 1.165) is 16.5 Å². The van der Waals surface area contributed by atoms with E-state index in [0.29, 0.717) is 5.82 Å². The third-order valence-electron chi connectivity index (χ3n) is 3.29. The average Bonchev–Trinajstić information content (AvgIpc) is 3.00. The van der Waals surface area contributed by atoms with Crippen molar-refractivity contribution in [3.63, 3.8) is 0 Å². The van der Waals surface area contributed by atoms with Crippen molar-refractivity contribution >= 4 is 22.7 Å². The summed E-state index contributed by atoms with van der Waals surface area (Å²) in [4.78, 5) is 23.4. The van der Waals surface area contributed by atoms with E-state index < -0.39 is 5.97 Å². The van der Waals surface area contributed by atoms with Crippen molar-refractivity contribution in [2.24, 2.45) is 0 Å². The van der Waals surface area contributed by atoms with Gasteiger partial charge in [0.15, 0.2) is 23.1 Å². The number of rotatable bonds is 3. The number of ether oxygens (including phenoxy) is 2. The van der Waals surface area contributed by atoms with Gasteiger partial charge in [-0.25, -0.2) is 14.8 Å². The highest BCUT2D eigenvalue weighted by molar-refractivity contribution is 5.93. The lowest BCUT2D eigenvalue weighted by atomic mass is 10.1. The molecule has 0 aliphatic rings. The third-order valence-corrected chi connectivity index (χ3v) is 3.29. The normalized spacial score (nSPS) is 10.6. The predicted molar refractivity (Wildman–Crippen MR) is 81.6 cm³/mol. The van der Waals surface area contributed by atoms with Crippen molar-refractivity contribution in [1.29, 1.82) is 0 Å². The molecule has 0 saturated carbocycles. The Kier molecular flexibility index (Phi) is 3.38. The lowest BCUT2D eigenvalue weighted by Crippen LogP contribution is -2.11. The zero-order chi connectivity index (χ0) is 15.7. The van der Waals surface area contributed by atoms with Crippen LogP contribution in [0.25, 0.3) is 22.3 Å². The highest BCUT2D eigenvalue weighted by Crippen LogP contribution is 2.28. The number of esters is 1. The number of hydrogen-bond acceptors (Lipinski definition) is 6. The molecule has 0 fully saturated rings. The predicted octanol–water partition coefficient (Wildman–Crippen LogP) is 2.00. The fourth-order valence-electron chi connectivity index (χ4n) is 2.22. The quantitative estimate of drug-likeness (QED) is 0.717. The highest BCUT2D eigenvalue weighted by Gasteiger charge is 2.21. The SMILES string of the molecule is COC(=O)c1nc(-c2ccc3cc[nH]c3c2)nc(N)c1OC. The van der Waals surface area contributed by atoms with Gasteiger partial charge in [0.2, 0.25) is 0 Å². The molecule has 22 heavy (non-hydrogen) atoms. The number of nitrogens with zero attached hydrogens (tertiary/aromatic N) is 2. The average molecular weight is 298 g/mol. The van der Waals surface area contributed by atoms with Crippen molar-refractivity contribution in [3.05, 3.63) is 36.2 Å². The van der Waals surface area contributed by atoms with Gasteiger partial charge in [-0.15, -0.1) is 0 Å². The van der Waals surface area contributed by atoms with Crippen LogP contribution in [-0.2, 0) is 4.74 Å². The zero-order valence-corrected chi connectivity index (χ0v) is 12.1. The monoisotopic (exact) mass is 298 g/mol. The lowest BCUT2D eigenvalue weighted by Gasteiger charge is -2.10. The Morgan fingerprint density at radius 1 is 1.23 bits per heavy atom. The van der Waals surface area contributed by atoms with E-state index in [-0.39, 0.29) is 17.3 Å². The van der Waals surface area contributed by atoms with Crippen LogP contribution in [0.1, 0.15) is 10.5 Å². The molecular formula is C15H14N4O3. The van der Waals surface area contributed by atoms with Crippen molar-refractivity contribution in [3.8, 4) is 17.1 Å². The van der Waals surface area contributed by atoms with Crippen LogP contribution in [0.3, 0.4) is 0 Å². The molecule has 0 spiro atoms. The summed E-state index contributed by atoms with van der Waals surface area (Å²) < 4.78 is 9.80. The number of fused-ring (bicyclic) bond motifs is 1. The molecule has 3 N–H and O–H groups in total. The van der Waals surface area contributed by atoms with Crippen LogP contribution >= 0.6 is 0 Å². The van der Waals surface area contributed by atoms with Gasteiger partial charge in [-0.3, -0.25) is 0 Å². The van der Waals surface area contributed by atoms with Gasteiger partial charge in [-0.1, -0.05) is 12.1 Å². The van der Waals surface area contributed by atoms with Crippen molar-refractivity contribution < 1.29 is 14.3 Å². The maximum absolute atomic E-state index is 11.8. The second kappa shape index (κ2) is 5.36. The van der Waals surface area contributed by atoms with Crippen LogP contribution < -0.4 is 10.5 Å². The van der Waals surface area contributed by atoms with E-state index in [2.05, 4.69) is 15.0 Å². The largest absolute Gasteiger partial charge is 0.491 e. The van der Waals surface area contributed by atoms with Gasteiger partial charge < -0.3 is 20.2 Å². The van der Waals surface area contributed by atoms with Crippen molar-refractivity contribution in [2.45, 2.75) is 0 Å². The standard InChI is InChI=1S/C15H14N4O3/c1-21-12-11(15(20)22-2)18-14(19-13(12)16)9-4-3-8-5-6-17-10(8)7-9/h3-7,17H,1-2H3,(H2,16,18,19). The number of carbonyl (C=O) groups excluding carboxylic acids is 1. The van der Waals surface area contributed by atoms with E-state index in [1.54, 1.807) is 0 Å². The molecule has 7 heteroatoms. The molecule has 0 aliphatic heterocycles. The first kappa shape index (κ1) is 13.9. The van der Waals surface area contributed by atoms with E-state index in [1.807, 2.05) is 30.5 Å². The molecule has 0 aliphatic carbocycles. The number of nitrogens with two attached hydrogens (primary N) is 1. The van der Waals surface area contributed by atoms with E-state index in [9.17, 15) is 4.79 Å². The first-order chi connectivity index (χ1) is 10.6. The molecule has 0 saturated heterocycles. The fourth-order valence-corrected chi connectivity index (χ4v) is 2.22. The first-order valence-electron chi connectivity index (χ1n) is 6.51. The number of nitrogen functional groups attached to an aromatic ring is 1. The van der Waals surface area contributed by atoms with Crippen LogP contribution in [-0.4, -0.2) is 35.1 Å². The molecule has 0 radical (unpaired) electrons. The van der Waals surface area contributed by atoms with Crippen molar-refractivity contribution in [1.82, 2.24) is 15.0 Å². The van der Waals surface area contributed by atoms with Gasteiger partial charge in [0.1, 0.15) is 0 Å². The van der Waals surface area contributed by atoms with Crippen LogP contribution in [0.5, 0.6) is 5.75 Å². The number of benzene rings is 1. The summed E-state index contributed by atoms with van der Waals surface area (Å²) in [5, 5.41) is 1.07. The van der Waals surface area contributed by atoms with Crippen LogP contribution in [0.15, 0.2) is 30.5 Å². The number of carbonyl (C=O) groups is 1. The smallest absolute Gasteiger partial charge is 0.360 e. The molecule has 1 aromatic carbocycles. The Morgan fingerprint density at radius 2 is 2.05 bits per heavy atom. The number of methoxy groups -OCH3 is 2. The third kappa shape index (κ3) is 2.22. The van der Waals surface area contributed by atoms with Gasteiger partial charge in [0, 0.05) is 17.3 Å². The summed E-state index contributed by atoms with van der Waals surface area (Å²) in [6.45, 7) is 0. The molecular weight excluding hydrogens is 284 g/mol. The van der Waals surface area contributed by atoms with Gasteiger partial charge in [-0.05, 0) is 17.5 Å². The van der Waals surface area contributed by atoms with Gasteiger partial charge in [-0.2, -0.15) is 0 Å². The fraction of sp³-hybridized carbons (Fsp3) is 0.133. The minimum absolute atomic E-state index is 0.000849. The summed E-state index contributed by atoms with van der Waals surface area (Å²) >= 11 is 0. The number of hydrogen-bond donors (Lipinski definition) is 2. The Balaban J connectivity index is 2.17. The maximum atomic E-state index is 11.8. The van der Waals surface area contributed by atoms with Crippen LogP contribution in [0.2, 0.25) is 0 Å². The highest BCUT2D eigenvalue weighted by atomic mass is 16.5. The van der Waals surface area contributed by atoms with Crippen molar-refractivity contribution in [2.75, 3.05) is 20.0 Å². The summed E-state index contributed by atoms with van der Waals surface area (Å²) in [6.07, 6.45) is 1.84. The molecule has 0 unspecified atom stereocenters. The number of anilines is 1. The molecule has 3 rings (SSSR count). The van der Waals surface area contributed by atoms with Gasteiger partial charge in [0.25, 0.3) is 0 Å². The summed E-state index contributed by atoms with van der Waals surface area (Å²) in [5.74, 6) is -0.112. The molecule has 7 nitrogen and oxygen atoms in total. The first-order valence-corrected chi connectivity index (χ1v) is 6.51. The van der Waals surface area contributed by atoms with Gasteiger partial charge in [0.05, 0.1) is 14.2 Å². The summed E-state index contributed by atoms with van der Waals surface area (Å²) in [5.41, 5.74) is 7.53. The maximum Gasteiger partial charge on any atom is 0.360 e. The van der Waals surface area contributed by atoms with E-state index in [4.69, 9.17) is 15.2 Å². The van der Waals surface area contributed by atoms with Gasteiger partial charge >= 0.3 is 5.97 Å². The van der Waals surface area contributed by atoms with Crippen LogP contribution in [0.4, 0.5) is 5.82 Å². The second-order valence-corrected chi connectivity index (χ2v) is 4.59. The lowest BCUT2D eigenvalue weighted by molar-refractivity contribution is 0.0590. The number of H-pyrrole nitrogens is 1.